The van der Waals surface area contributed by atoms with Crippen LogP contribution in [0.15, 0.2) is 11.9 Å². The minimum absolute atomic E-state index is 0.164. The first-order valence-electron chi connectivity index (χ1n) is 4.47. The van der Waals surface area contributed by atoms with E-state index in [-0.39, 0.29) is 5.41 Å². The van der Waals surface area contributed by atoms with Gasteiger partial charge in [-0.2, -0.15) is 0 Å². The van der Waals surface area contributed by atoms with Crippen LogP contribution in [0.2, 0.25) is 0 Å². The Kier molecular flexibility index (Phi) is 1.39. The quantitative estimate of drug-likeness (QED) is 0.502. The molecule has 0 nitrogen and oxygen atoms in total. The van der Waals surface area contributed by atoms with E-state index in [9.17, 15) is 4.39 Å². The molecule has 2 rings (SSSR count). The molecule has 0 unspecified atom stereocenters. The first kappa shape index (κ1) is 7.33. The minimum Gasteiger partial charge on any atom is -0.216 e. The molecule has 0 aliphatic heterocycles. The van der Waals surface area contributed by atoms with Crippen LogP contribution in [-0.4, -0.2) is 0 Å². The Hall–Kier alpha value is -0.330. The normalized spacial score (nSPS) is 43.7. The maximum atomic E-state index is 12.5. The average molecular weight is 154 g/mol. The SMILES string of the molecule is CC1(C)/C(=C\F)[C@H]2CC[C@@H]1C2. The van der Waals surface area contributed by atoms with Gasteiger partial charge >= 0.3 is 0 Å². The zero-order valence-electron chi connectivity index (χ0n) is 7.23. The molecule has 2 aliphatic rings. The van der Waals surface area contributed by atoms with Gasteiger partial charge in [0.15, 0.2) is 0 Å². The van der Waals surface area contributed by atoms with Crippen LogP contribution in [0.3, 0.4) is 0 Å². The number of rotatable bonds is 0. The van der Waals surface area contributed by atoms with E-state index in [0.717, 1.165) is 17.8 Å². The van der Waals surface area contributed by atoms with Gasteiger partial charge in [-0.15, -0.1) is 0 Å². The summed E-state index contributed by atoms with van der Waals surface area (Å²) < 4.78 is 12.5. The molecule has 0 saturated heterocycles. The third kappa shape index (κ3) is 0.800. The summed E-state index contributed by atoms with van der Waals surface area (Å²) in [5.41, 5.74) is 1.24. The van der Waals surface area contributed by atoms with Crippen molar-refractivity contribution < 1.29 is 4.39 Å². The van der Waals surface area contributed by atoms with Crippen molar-refractivity contribution in [2.24, 2.45) is 17.3 Å². The molecule has 0 spiro atoms. The van der Waals surface area contributed by atoms with Crippen LogP contribution in [0, 0.1) is 17.3 Å². The van der Waals surface area contributed by atoms with E-state index in [1.807, 2.05) is 0 Å². The molecule has 0 N–H and O–H groups in total. The minimum atomic E-state index is 0.164. The molecule has 2 aliphatic carbocycles. The molecule has 2 saturated carbocycles. The van der Waals surface area contributed by atoms with Crippen LogP contribution in [0.4, 0.5) is 4.39 Å². The Morgan fingerprint density at radius 3 is 2.55 bits per heavy atom. The summed E-state index contributed by atoms with van der Waals surface area (Å²) in [6, 6.07) is 0. The van der Waals surface area contributed by atoms with Crippen molar-refractivity contribution in [1.82, 2.24) is 0 Å². The van der Waals surface area contributed by atoms with Crippen LogP contribution < -0.4 is 0 Å². The smallest absolute Gasteiger partial charge is 0.0867 e. The van der Waals surface area contributed by atoms with Gasteiger partial charge in [0.1, 0.15) is 0 Å². The molecule has 0 aromatic heterocycles. The van der Waals surface area contributed by atoms with E-state index in [0.29, 0.717) is 5.92 Å². The standard InChI is InChI=1S/C10H15F/c1-10(2)8-4-3-7(5-8)9(10)6-11/h6-8H,3-5H2,1-2H3/b9-6-/t7-,8+/m0/s1. The largest absolute Gasteiger partial charge is 0.216 e. The lowest BCUT2D eigenvalue weighted by atomic mass is 9.73. The summed E-state index contributed by atoms with van der Waals surface area (Å²) in [6.45, 7) is 4.37. The number of fused-ring (bicyclic) bond motifs is 2. The van der Waals surface area contributed by atoms with E-state index >= 15 is 0 Å². The van der Waals surface area contributed by atoms with Crippen molar-refractivity contribution in [3.8, 4) is 0 Å². The van der Waals surface area contributed by atoms with Crippen molar-refractivity contribution in [3.05, 3.63) is 11.9 Å². The maximum Gasteiger partial charge on any atom is 0.0867 e. The Bertz CT molecular complexity index is 203. The molecule has 0 aromatic carbocycles. The van der Waals surface area contributed by atoms with Crippen LogP contribution >= 0.6 is 0 Å². The second-order valence-corrected chi connectivity index (χ2v) is 4.49. The van der Waals surface area contributed by atoms with E-state index in [1.54, 1.807) is 0 Å². The highest BCUT2D eigenvalue weighted by molar-refractivity contribution is 5.24. The van der Waals surface area contributed by atoms with Crippen LogP contribution in [0.5, 0.6) is 0 Å². The summed E-state index contributed by atoms with van der Waals surface area (Å²) in [4.78, 5) is 0. The lowest BCUT2D eigenvalue weighted by Crippen LogP contribution is -2.22. The third-order valence-corrected chi connectivity index (χ3v) is 3.75. The molecule has 1 heteroatoms. The molecule has 62 valence electrons. The second-order valence-electron chi connectivity index (χ2n) is 4.49. The van der Waals surface area contributed by atoms with Gasteiger partial charge in [0.2, 0.25) is 0 Å². The Morgan fingerprint density at radius 1 is 1.45 bits per heavy atom. The van der Waals surface area contributed by atoms with Crippen molar-refractivity contribution in [1.29, 1.82) is 0 Å². The molecule has 2 bridgehead atoms. The monoisotopic (exact) mass is 154 g/mol. The molecule has 0 radical (unpaired) electrons. The molecule has 0 aromatic rings. The Balaban J connectivity index is 2.36. The van der Waals surface area contributed by atoms with Gasteiger partial charge in [-0.3, -0.25) is 0 Å². The summed E-state index contributed by atoms with van der Waals surface area (Å²) >= 11 is 0. The molecule has 11 heavy (non-hydrogen) atoms. The third-order valence-electron chi connectivity index (χ3n) is 3.75. The number of allylic oxidation sites excluding steroid dienone is 1. The Labute approximate surface area is 67.5 Å². The number of halogens is 1. The zero-order chi connectivity index (χ0) is 8.06. The predicted molar refractivity (Wildman–Crippen MR) is 43.8 cm³/mol. The van der Waals surface area contributed by atoms with E-state index in [1.165, 1.54) is 19.3 Å². The van der Waals surface area contributed by atoms with Crippen molar-refractivity contribution in [2.75, 3.05) is 0 Å². The first-order chi connectivity index (χ1) is 5.16. The summed E-state index contributed by atoms with van der Waals surface area (Å²) in [5, 5.41) is 0. The van der Waals surface area contributed by atoms with Gasteiger partial charge in [-0.25, -0.2) is 4.39 Å². The number of hydrogen-bond donors (Lipinski definition) is 0. The van der Waals surface area contributed by atoms with E-state index in [2.05, 4.69) is 13.8 Å². The topological polar surface area (TPSA) is 0 Å². The van der Waals surface area contributed by atoms with Gasteiger partial charge in [0.25, 0.3) is 0 Å². The van der Waals surface area contributed by atoms with E-state index < -0.39 is 0 Å². The lowest BCUT2D eigenvalue weighted by Gasteiger charge is -2.31. The van der Waals surface area contributed by atoms with Crippen LogP contribution in [0.25, 0.3) is 0 Å². The van der Waals surface area contributed by atoms with Gasteiger partial charge in [0.05, 0.1) is 6.33 Å². The summed E-state index contributed by atoms with van der Waals surface area (Å²) in [5.74, 6) is 1.34. The Morgan fingerprint density at radius 2 is 2.18 bits per heavy atom. The maximum absolute atomic E-state index is 12.5. The lowest BCUT2D eigenvalue weighted by molar-refractivity contribution is 0.284. The molecular weight excluding hydrogens is 139 g/mol. The molecule has 2 atom stereocenters. The molecule has 0 amide bonds. The van der Waals surface area contributed by atoms with E-state index in [4.69, 9.17) is 0 Å². The van der Waals surface area contributed by atoms with Crippen LogP contribution in [0.1, 0.15) is 33.1 Å². The summed E-state index contributed by atoms with van der Waals surface area (Å²) in [6.07, 6.45) is 4.64. The fourth-order valence-corrected chi connectivity index (χ4v) is 2.91. The highest BCUT2D eigenvalue weighted by Gasteiger charge is 2.48. The fraction of sp³-hybridized carbons (Fsp3) is 0.800. The van der Waals surface area contributed by atoms with Gasteiger partial charge in [-0.05, 0) is 42.1 Å². The highest BCUT2D eigenvalue weighted by Crippen LogP contribution is 2.58. The fourth-order valence-electron chi connectivity index (χ4n) is 2.91. The predicted octanol–water partition coefficient (Wildman–Crippen LogP) is 3.30. The van der Waals surface area contributed by atoms with Crippen molar-refractivity contribution in [3.63, 3.8) is 0 Å². The first-order valence-corrected chi connectivity index (χ1v) is 4.47. The van der Waals surface area contributed by atoms with Crippen molar-refractivity contribution in [2.45, 2.75) is 33.1 Å². The van der Waals surface area contributed by atoms with Gasteiger partial charge < -0.3 is 0 Å². The molecular formula is C10H15F. The summed E-state index contributed by atoms with van der Waals surface area (Å²) in [7, 11) is 0. The number of hydrogen-bond acceptors (Lipinski definition) is 0. The van der Waals surface area contributed by atoms with Gasteiger partial charge in [0, 0.05) is 0 Å². The average Bonchev–Trinajstić information content (AvgIpc) is 2.44. The molecule has 2 fully saturated rings. The second kappa shape index (κ2) is 2.09. The van der Waals surface area contributed by atoms with Gasteiger partial charge in [-0.1, -0.05) is 13.8 Å². The highest BCUT2D eigenvalue weighted by atomic mass is 19.1. The molecule has 0 heterocycles. The zero-order valence-corrected chi connectivity index (χ0v) is 7.23. The van der Waals surface area contributed by atoms with Crippen LogP contribution in [-0.2, 0) is 0 Å². The van der Waals surface area contributed by atoms with Crippen molar-refractivity contribution >= 4 is 0 Å².